The number of alkyl halides is 2. The van der Waals surface area contributed by atoms with Gasteiger partial charge in [-0.25, -0.2) is 19.0 Å². The lowest BCUT2D eigenvalue weighted by Gasteiger charge is -2.22. The minimum Gasteiger partial charge on any atom is -0.337 e. The van der Waals surface area contributed by atoms with Crippen LogP contribution in [0.4, 0.5) is 13.6 Å². The fourth-order valence-electron chi connectivity index (χ4n) is 3.73. The predicted molar refractivity (Wildman–Crippen MR) is 90.8 cm³/mol. The van der Waals surface area contributed by atoms with E-state index in [1.165, 1.54) is 12.4 Å². The highest BCUT2D eigenvalue weighted by atomic mass is 19.3. The highest BCUT2D eigenvalue weighted by Gasteiger charge is 2.43. The van der Waals surface area contributed by atoms with Crippen molar-refractivity contribution in [3.8, 4) is 0 Å². The Morgan fingerprint density at radius 3 is 2.86 bits per heavy atom. The Bertz CT molecular complexity index is 1090. The quantitative estimate of drug-likeness (QED) is 0.706. The fraction of sp³-hybridized carbons (Fsp3) is 0.353. The maximum Gasteiger partial charge on any atom is 0.333 e. The van der Waals surface area contributed by atoms with Crippen LogP contribution < -0.4 is 10.6 Å². The van der Waals surface area contributed by atoms with Gasteiger partial charge in [0.1, 0.15) is 0 Å². The molecule has 28 heavy (non-hydrogen) atoms. The summed E-state index contributed by atoms with van der Waals surface area (Å²) in [5, 5.41) is 13.0. The number of imidazole rings is 1. The Morgan fingerprint density at radius 2 is 2.11 bits per heavy atom. The molecule has 2 aliphatic rings. The van der Waals surface area contributed by atoms with Crippen LogP contribution in [0.15, 0.2) is 30.9 Å². The molecule has 0 bridgehead atoms. The van der Waals surface area contributed by atoms with Crippen LogP contribution in [0, 0.1) is 0 Å². The number of halogens is 2. The summed E-state index contributed by atoms with van der Waals surface area (Å²) < 4.78 is 27.8. The van der Waals surface area contributed by atoms with Crippen molar-refractivity contribution in [3.63, 3.8) is 0 Å². The van der Waals surface area contributed by atoms with E-state index in [9.17, 15) is 18.4 Å². The van der Waals surface area contributed by atoms with Gasteiger partial charge in [-0.05, 0) is 29.9 Å². The summed E-state index contributed by atoms with van der Waals surface area (Å²) in [6, 6.07) is 1.30. The molecule has 0 spiro atoms. The van der Waals surface area contributed by atoms with Crippen LogP contribution in [0.5, 0.6) is 0 Å². The van der Waals surface area contributed by atoms with Crippen molar-refractivity contribution in [1.82, 2.24) is 35.0 Å². The summed E-state index contributed by atoms with van der Waals surface area (Å²) in [5.74, 6) is -0.888. The first kappa shape index (κ1) is 16.8. The maximum absolute atomic E-state index is 12.8. The average molecular weight is 387 g/mol. The smallest absolute Gasteiger partial charge is 0.333 e. The molecule has 11 heteroatoms. The molecule has 9 nitrogen and oxygen atoms in total. The zero-order valence-electron chi connectivity index (χ0n) is 14.4. The highest BCUT2D eigenvalue weighted by molar-refractivity contribution is 6.00. The summed E-state index contributed by atoms with van der Waals surface area (Å²) in [4.78, 5) is 27.9. The Labute approximate surface area is 156 Å². The van der Waals surface area contributed by atoms with Crippen molar-refractivity contribution in [2.24, 2.45) is 0 Å². The van der Waals surface area contributed by atoms with Crippen molar-refractivity contribution in [2.45, 2.75) is 30.7 Å². The second-order valence-corrected chi connectivity index (χ2v) is 6.95. The van der Waals surface area contributed by atoms with Crippen molar-refractivity contribution in [3.05, 3.63) is 47.7 Å². The number of carbonyl (C=O) groups is 2. The summed E-state index contributed by atoms with van der Waals surface area (Å²) in [6.45, 7) is -2.51. The Kier molecular flexibility index (Phi) is 3.64. The molecule has 1 saturated carbocycles. The molecular weight excluding hydrogens is 372 g/mol. The zero-order valence-corrected chi connectivity index (χ0v) is 14.4. The molecule has 3 atom stereocenters. The Morgan fingerprint density at radius 1 is 1.25 bits per heavy atom. The lowest BCUT2D eigenvalue weighted by atomic mass is 9.99. The molecule has 0 aromatic carbocycles. The summed E-state index contributed by atoms with van der Waals surface area (Å²) in [5.41, 5.74) is 2.83. The number of nitrogens with zero attached hydrogens (tertiary/aromatic N) is 5. The first-order valence-electron chi connectivity index (χ1n) is 8.76. The number of amides is 3. The largest absolute Gasteiger partial charge is 0.337 e. The van der Waals surface area contributed by atoms with Crippen LogP contribution in [-0.2, 0) is 4.79 Å². The molecule has 3 amide bonds. The zero-order chi connectivity index (χ0) is 19.4. The van der Waals surface area contributed by atoms with Gasteiger partial charge in [-0.1, -0.05) is 0 Å². The second kappa shape index (κ2) is 6.08. The predicted octanol–water partition coefficient (Wildman–Crippen LogP) is 1.51. The number of rotatable bonds is 4. The number of nitrogens with one attached hydrogen (secondary N) is 2. The average Bonchev–Trinajstić information content (AvgIpc) is 3.07. The molecular formula is C17H15F2N7O2. The SMILES string of the molecule is O=C1NCC(c2cc([C@H]3C[C@@H]3c3cnn(C(F)F)c3)c3nccn3n2)C(=O)N1. The monoisotopic (exact) mass is 387 g/mol. The third-order valence-electron chi connectivity index (χ3n) is 5.22. The van der Waals surface area contributed by atoms with Crippen molar-refractivity contribution < 1.29 is 18.4 Å². The van der Waals surface area contributed by atoms with Crippen LogP contribution in [-0.4, -0.2) is 42.9 Å². The third kappa shape index (κ3) is 2.70. The summed E-state index contributed by atoms with van der Waals surface area (Å²) in [7, 11) is 0. The van der Waals surface area contributed by atoms with Gasteiger partial charge in [-0.3, -0.25) is 10.1 Å². The number of imide groups is 1. The molecule has 2 N–H and O–H groups in total. The molecule has 1 aliphatic carbocycles. The number of carbonyl (C=O) groups excluding carboxylic acids is 2. The molecule has 1 aliphatic heterocycles. The molecule has 3 aromatic heterocycles. The van der Waals surface area contributed by atoms with E-state index in [1.54, 1.807) is 16.9 Å². The molecule has 3 aromatic rings. The molecule has 5 rings (SSSR count). The van der Waals surface area contributed by atoms with Crippen LogP contribution >= 0.6 is 0 Å². The molecule has 4 heterocycles. The van der Waals surface area contributed by atoms with E-state index in [4.69, 9.17) is 0 Å². The molecule has 2 fully saturated rings. The van der Waals surface area contributed by atoms with Crippen LogP contribution in [0.3, 0.4) is 0 Å². The van der Waals surface area contributed by atoms with Gasteiger partial charge in [0.2, 0.25) is 5.91 Å². The lowest BCUT2D eigenvalue weighted by Crippen LogP contribution is -2.51. The van der Waals surface area contributed by atoms with Gasteiger partial charge in [0, 0.05) is 30.7 Å². The highest BCUT2D eigenvalue weighted by Crippen LogP contribution is 2.55. The minimum atomic E-state index is -2.67. The maximum atomic E-state index is 12.8. The van der Waals surface area contributed by atoms with Crippen molar-refractivity contribution in [2.75, 3.05) is 6.54 Å². The van der Waals surface area contributed by atoms with Crippen LogP contribution in [0.1, 0.15) is 47.5 Å². The van der Waals surface area contributed by atoms with Gasteiger partial charge in [0.05, 0.1) is 17.8 Å². The molecule has 0 radical (unpaired) electrons. The van der Waals surface area contributed by atoms with Crippen LogP contribution in [0.2, 0.25) is 0 Å². The van der Waals surface area contributed by atoms with Gasteiger partial charge < -0.3 is 5.32 Å². The van der Waals surface area contributed by atoms with Gasteiger partial charge in [-0.15, -0.1) is 0 Å². The fourth-order valence-corrected chi connectivity index (χ4v) is 3.73. The number of hydrogen-bond acceptors (Lipinski definition) is 5. The Hall–Kier alpha value is -3.37. The summed E-state index contributed by atoms with van der Waals surface area (Å²) >= 11 is 0. The van der Waals surface area contributed by atoms with E-state index in [0.717, 1.165) is 17.5 Å². The first-order valence-corrected chi connectivity index (χ1v) is 8.76. The summed E-state index contributed by atoms with van der Waals surface area (Å²) in [6.07, 6.45) is 6.91. The van der Waals surface area contributed by atoms with E-state index < -0.39 is 24.4 Å². The van der Waals surface area contributed by atoms with E-state index in [1.807, 2.05) is 6.07 Å². The Balaban J connectivity index is 1.48. The number of fused-ring (bicyclic) bond motifs is 1. The molecule has 1 unspecified atom stereocenters. The van der Waals surface area contributed by atoms with Gasteiger partial charge in [0.15, 0.2) is 5.65 Å². The van der Waals surface area contributed by atoms with E-state index >= 15 is 0 Å². The van der Waals surface area contributed by atoms with Gasteiger partial charge in [-0.2, -0.15) is 19.0 Å². The van der Waals surface area contributed by atoms with Gasteiger partial charge in [0.25, 0.3) is 0 Å². The standard InChI is InChI=1S/C17H15F2N7O2/c18-16(19)26-7-8(5-22-26)9-3-10(9)11-4-13(24-25-2-1-20-14(11)25)12-6-21-17(28)23-15(12)27/h1-2,4-5,7,9-10,12,16H,3,6H2,(H2,21,23,27,28)/t9-,10+,12?/m1/s1. The first-order chi connectivity index (χ1) is 13.5. The van der Waals surface area contributed by atoms with Crippen molar-refractivity contribution >= 4 is 17.6 Å². The van der Waals surface area contributed by atoms with Crippen molar-refractivity contribution in [1.29, 1.82) is 0 Å². The minimum absolute atomic E-state index is 0.0585. The lowest BCUT2D eigenvalue weighted by molar-refractivity contribution is -0.122. The second-order valence-electron chi connectivity index (χ2n) is 6.95. The normalized spacial score (nSPS) is 24.5. The third-order valence-corrected chi connectivity index (χ3v) is 5.22. The van der Waals surface area contributed by atoms with E-state index in [2.05, 4.69) is 25.8 Å². The van der Waals surface area contributed by atoms with Gasteiger partial charge >= 0.3 is 12.6 Å². The number of urea groups is 1. The van der Waals surface area contributed by atoms with E-state index in [-0.39, 0.29) is 18.4 Å². The number of hydrogen-bond donors (Lipinski definition) is 2. The molecule has 1 saturated heterocycles. The number of aromatic nitrogens is 5. The molecule has 144 valence electrons. The topological polar surface area (TPSA) is 106 Å². The van der Waals surface area contributed by atoms with E-state index in [0.29, 0.717) is 16.0 Å². The van der Waals surface area contributed by atoms with Crippen LogP contribution in [0.25, 0.3) is 5.65 Å².